The molecular weight excluding hydrogens is 590 g/mol. The van der Waals surface area contributed by atoms with Crippen LogP contribution >= 0.6 is 0 Å². The lowest BCUT2D eigenvalue weighted by molar-refractivity contribution is -0.889. The number of quaternary nitrogens is 1. The summed E-state index contributed by atoms with van der Waals surface area (Å²) in [4.78, 5) is 54.8. The van der Waals surface area contributed by atoms with Crippen molar-refractivity contribution in [3.05, 3.63) is 65.7 Å². The maximum atomic E-state index is 13.9. The fourth-order valence-corrected chi connectivity index (χ4v) is 4.75. The van der Waals surface area contributed by atoms with Crippen LogP contribution in [0.1, 0.15) is 38.8 Å². The van der Waals surface area contributed by atoms with E-state index in [-0.39, 0.29) is 24.8 Å². The average Bonchev–Trinajstić information content (AvgIpc) is 2.98. The van der Waals surface area contributed by atoms with Gasteiger partial charge < -0.3 is 35.0 Å². The van der Waals surface area contributed by atoms with Crippen LogP contribution in [0.25, 0.3) is 0 Å². The molecule has 0 fully saturated rings. The Hall–Kier alpha value is -4.00. The number of imide groups is 1. The number of amides is 4. The van der Waals surface area contributed by atoms with Gasteiger partial charge in [-0.25, -0.2) is 9.69 Å². The first-order valence-electron chi connectivity index (χ1n) is 15.5. The fourth-order valence-electron chi connectivity index (χ4n) is 4.75. The maximum absolute atomic E-state index is 13.9. The number of aromatic hydroxyl groups is 1. The van der Waals surface area contributed by atoms with Crippen molar-refractivity contribution in [3.63, 3.8) is 0 Å². The Bertz CT molecular complexity index is 1280. The Labute approximate surface area is 273 Å². The molecule has 0 saturated carbocycles. The summed E-state index contributed by atoms with van der Waals surface area (Å²) in [6.07, 6.45) is -0.186. The van der Waals surface area contributed by atoms with Gasteiger partial charge in [-0.05, 0) is 70.8 Å². The second kappa shape index (κ2) is 17.6. The number of carbonyl (C=O) groups excluding carboxylic acids is 4. The van der Waals surface area contributed by atoms with Crippen molar-refractivity contribution in [2.45, 2.75) is 64.3 Å². The molecule has 0 heterocycles. The molecule has 4 N–H and O–H groups in total. The van der Waals surface area contributed by atoms with Gasteiger partial charge in [0.25, 0.3) is 5.91 Å². The second-order valence-electron chi connectivity index (χ2n) is 13.0. The van der Waals surface area contributed by atoms with Crippen LogP contribution in [0.4, 0.5) is 4.79 Å². The van der Waals surface area contributed by atoms with Gasteiger partial charge in [0.1, 0.15) is 23.9 Å². The molecule has 0 saturated heterocycles. The number of methoxy groups -OCH3 is 1. The highest BCUT2D eigenvalue weighted by Crippen LogP contribution is 2.14. The van der Waals surface area contributed by atoms with Crippen LogP contribution in [-0.2, 0) is 36.7 Å². The molecule has 3 atom stereocenters. The van der Waals surface area contributed by atoms with Gasteiger partial charge in [-0.3, -0.25) is 14.4 Å². The summed E-state index contributed by atoms with van der Waals surface area (Å²) in [5.41, 5.74) is 0.869. The highest BCUT2D eigenvalue weighted by atomic mass is 16.6. The zero-order valence-corrected chi connectivity index (χ0v) is 28.5. The van der Waals surface area contributed by atoms with Gasteiger partial charge >= 0.3 is 6.09 Å². The van der Waals surface area contributed by atoms with E-state index in [2.05, 4.69) is 37.0 Å². The lowest BCUT2D eigenvalue weighted by Gasteiger charge is -2.33. The molecule has 0 aliphatic heterocycles. The number of likely N-dealkylation sites (N-methyl/N-ethyl adjacent to an activating group) is 2. The zero-order valence-electron chi connectivity index (χ0n) is 28.5. The van der Waals surface area contributed by atoms with Crippen molar-refractivity contribution in [2.24, 2.45) is 0 Å². The van der Waals surface area contributed by atoms with Crippen molar-refractivity contribution in [2.75, 3.05) is 54.5 Å². The van der Waals surface area contributed by atoms with Crippen LogP contribution in [0.5, 0.6) is 5.75 Å². The molecule has 0 aromatic heterocycles. The van der Waals surface area contributed by atoms with E-state index < -0.39 is 48.0 Å². The van der Waals surface area contributed by atoms with E-state index >= 15 is 0 Å². The smallest absolute Gasteiger partial charge is 0.417 e. The molecule has 46 heavy (non-hydrogen) atoms. The van der Waals surface area contributed by atoms with E-state index in [9.17, 15) is 24.3 Å². The molecule has 254 valence electrons. The standard InChI is InChI=1S/C34H51N5O7/c1-9-39(6,7)22-26(19-24-13-11-10-12-14-24)36-30(41)21-38(33(44)46-34(2,3)4)32(43)29(23-45-8)37-31(42)28(35-5)20-25-15-17-27(40)18-16-25/h10-18,26,28-29,35H,9,19-23H2,1-8H3,(H2-,36,37,40,41,42)/p+1/t26?,28-,29-/m0/s1. The Kier molecular flexibility index (Phi) is 14.6. The molecule has 1 unspecified atom stereocenters. The summed E-state index contributed by atoms with van der Waals surface area (Å²) < 4.78 is 11.4. The molecule has 2 rings (SSSR count). The SMILES string of the molecule is CC[N+](C)(C)CC(Cc1ccccc1)NC(=O)CN(C(=O)OC(C)(C)C)C(=O)[C@H](COC)NC(=O)[C@H](Cc1ccc(O)cc1)NC. The summed E-state index contributed by atoms with van der Waals surface area (Å²) in [5, 5.41) is 18.2. The van der Waals surface area contributed by atoms with Crippen LogP contribution < -0.4 is 16.0 Å². The highest BCUT2D eigenvalue weighted by molar-refractivity contribution is 6.00. The third kappa shape index (κ3) is 13.2. The number of benzene rings is 2. The number of phenolic OH excluding ortho intramolecular Hbond substituents is 1. The van der Waals surface area contributed by atoms with Gasteiger partial charge in [-0.2, -0.15) is 0 Å². The van der Waals surface area contributed by atoms with Crippen LogP contribution in [-0.4, -0.2) is 117 Å². The number of nitrogens with zero attached hydrogens (tertiary/aromatic N) is 2. The molecule has 0 spiro atoms. The van der Waals surface area contributed by atoms with E-state index in [0.29, 0.717) is 17.4 Å². The van der Waals surface area contributed by atoms with Crippen LogP contribution in [0.2, 0.25) is 0 Å². The zero-order chi connectivity index (χ0) is 34.5. The number of phenols is 1. The summed E-state index contributed by atoms with van der Waals surface area (Å²) in [6.45, 7) is 7.63. The fraction of sp³-hybridized carbons (Fsp3) is 0.529. The summed E-state index contributed by atoms with van der Waals surface area (Å²) in [5.74, 6) is -1.80. The van der Waals surface area contributed by atoms with Gasteiger partial charge in [-0.15, -0.1) is 0 Å². The van der Waals surface area contributed by atoms with Crippen molar-refractivity contribution in [1.82, 2.24) is 20.9 Å². The van der Waals surface area contributed by atoms with Gasteiger partial charge in [0.05, 0.1) is 45.9 Å². The van der Waals surface area contributed by atoms with Crippen LogP contribution in [0.15, 0.2) is 54.6 Å². The van der Waals surface area contributed by atoms with Crippen molar-refractivity contribution >= 4 is 23.8 Å². The predicted octanol–water partition coefficient (Wildman–Crippen LogP) is 2.24. The largest absolute Gasteiger partial charge is 0.508 e. The number of hydrogen-bond acceptors (Lipinski definition) is 8. The van der Waals surface area contributed by atoms with E-state index in [4.69, 9.17) is 9.47 Å². The van der Waals surface area contributed by atoms with Crippen molar-refractivity contribution < 1.29 is 38.2 Å². The molecular formula is C34H52N5O7+. The van der Waals surface area contributed by atoms with Crippen LogP contribution in [0, 0.1) is 0 Å². The monoisotopic (exact) mass is 642 g/mol. The van der Waals surface area contributed by atoms with Gasteiger partial charge in [0, 0.05) is 7.11 Å². The van der Waals surface area contributed by atoms with E-state index in [1.54, 1.807) is 40.0 Å². The molecule has 12 nitrogen and oxygen atoms in total. The molecule has 2 aromatic rings. The molecule has 0 aliphatic carbocycles. The maximum Gasteiger partial charge on any atom is 0.417 e. The number of ether oxygens (including phenoxy) is 2. The number of hydrogen-bond donors (Lipinski definition) is 4. The van der Waals surface area contributed by atoms with Crippen molar-refractivity contribution in [3.8, 4) is 5.75 Å². The minimum Gasteiger partial charge on any atom is -0.508 e. The van der Waals surface area contributed by atoms with E-state index in [1.165, 1.54) is 19.2 Å². The first-order valence-corrected chi connectivity index (χ1v) is 15.5. The Morgan fingerprint density at radius 1 is 0.913 bits per heavy atom. The van der Waals surface area contributed by atoms with Crippen LogP contribution in [0.3, 0.4) is 0 Å². The minimum atomic E-state index is -1.29. The topological polar surface area (TPSA) is 146 Å². The Morgan fingerprint density at radius 2 is 1.52 bits per heavy atom. The van der Waals surface area contributed by atoms with Gasteiger partial charge in [0.15, 0.2) is 0 Å². The van der Waals surface area contributed by atoms with E-state index in [0.717, 1.165) is 22.6 Å². The molecule has 12 heteroatoms. The van der Waals surface area contributed by atoms with Gasteiger partial charge in [0.2, 0.25) is 11.8 Å². The molecule has 0 radical (unpaired) electrons. The average molecular weight is 643 g/mol. The third-order valence-corrected chi connectivity index (χ3v) is 7.43. The summed E-state index contributed by atoms with van der Waals surface area (Å²) in [7, 11) is 7.11. The predicted molar refractivity (Wildman–Crippen MR) is 176 cm³/mol. The molecule has 0 aliphatic rings. The number of rotatable bonds is 16. The quantitative estimate of drug-likeness (QED) is 0.204. The summed E-state index contributed by atoms with van der Waals surface area (Å²) >= 11 is 0. The lowest BCUT2D eigenvalue weighted by atomic mass is 10.0. The summed E-state index contributed by atoms with van der Waals surface area (Å²) in [6, 6.07) is 13.9. The second-order valence-corrected chi connectivity index (χ2v) is 13.0. The molecule has 0 bridgehead atoms. The highest BCUT2D eigenvalue weighted by Gasteiger charge is 2.36. The number of carbonyl (C=O) groups is 4. The minimum absolute atomic E-state index is 0.103. The number of nitrogens with one attached hydrogen (secondary N) is 3. The third-order valence-electron chi connectivity index (χ3n) is 7.43. The first-order chi connectivity index (χ1) is 21.6. The normalized spacial score (nSPS) is 13.7. The lowest BCUT2D eigenvalue weighted by Crippen LogP contribution is -2.59. The van der Waals surface area contributed by atoms with Crippen molar-refractivity contribution in [1.29, 1.82) is 0 Å². The molecule has 2 aromatic carbocycles. The first kappa shape index (κ1) is 38.2. The Balaban J connectivity index is 2.30. The molecule has 4 amide bonds. The van der Waals surface area contributed by atoms with Gasteiger partial charge in [-0.1, -0.05) is 42.5 Å². The van der Waals surface area contributed by atoms with E-state index in [1.807, 2.05) is 30.3 Å². The Morgan fingerprint density at radius 3 is 2.07 bits per heavy atom.